The van der Waals surface area contributed by atoms with Gasteiger partial charge in [0.15, 0.2) is 0 Å². The Morgan fingerprint density at radius 2 is 1.83 bits per heavy atom. The van der Waals surface area contributed by atoms with Gasteiger partial charge >= 0.3 is 0 Å². The third-order valence-electron chi connectivity index (χ3n) is 2.93. The highest BCUT2D eigenvalue weighted by molar-refractivity contribution is 6.48. The molecule has 1 atom stereocenters. The first-order valence-electron chi connectivity index (χ1n) is 6.16. The molecule has 0 aliphatic heterocycles. The highest BCUT2D eigenvalue weighted by Crippen LogP contribution is 2.40. The summed E-state index contributed by atoms with van der Waals surface area (Å²) in [5, 5.41) is 0.613. The van der Waals surface area contributed by atoms with Gasteiger partial charge in [-0.3, -0.25) is 0 Å². The maximum absolute atomic E-state index is 6.18. The van der Waals surface area contributed by atoms with E-state index in [0.29, 0.717) is 10.7 Å². The van der Waals surface area contributed by atoms with Crippen LogP contribution in [0.3, 0.4) is 0 Å². The minimum atomic E-state index is -0.776. The number of anilines is 1. The largest absolute Gasteiger partial charge is 0.410 e. The molecule has 0 bridgehead atoms. The lowest BCUT2D eigenvalue weighted by Crippen LogP contribution is -2.26. The van der Waals surface area contributed by atoms with Crippen molar-refractivity contribution < 1.29 is 4.43 Å². The van der Waals surface area contributed by atoms with Gasteiger partial charge < -0.3 is 10.2 Å². The number of rotatable bonds is 3. The smallest absolute Gasteiger partial charge is 0.205 e. The maximum Gasteiger partial charge on any atom is 0.205 e. The summed E-state index contributed by atoms with van der Waals surface area (Å²) in [5.41, 5.74) is 8.89. The lowest BCUT2D eigenvalue weighted by molar-refractivity contribution is 0.0861. The molecule has 2 N–H and O–H groups in total. The van der Waals surface area contributed by atoms with Crippen molar-refractivity contribution in [1.29, 1.82) is 0 Å². The summed E-state index contributed by atoms with van der Waals surface area (Å²) in [4.78, 5) is 0. The summed E-state index contributed by atoms with van der Waals surface area (Å²) in [6.45, 7) is 12.9. The first kappa shape index (κ1) is 15.5. The minimum Gasteiger partial charge on any atom is -0.410 e. The monoisotopic (exact) mass is 284 g/mol. The molecular formula is C14H23ClNOSi. The average Bonchev–Trinajstić information content (AvgIpc) is 2.22. The molecule has 0 spiro atoms. The van der Waals surface area contributed by atoms with Gasteiger partial charge in [-0.2, -0.15) is 0 Å². The van der Waals surface area contributed by atoms with E-state index >= 15 is 0 Å². The van der Waals surface area contributed by atoms with E-state index in [4.69, 9.17) is 21.8 Å². The predicted molar refractivity (Wildman–Crippen MR) is 81.4 cm³/mol. The van der Waals surface area contributed by atoms with Crippen LogP contribution in [0.5, 0.6) is 0 Å². The Balaban J connectivity index is 3.26. The fourth-order valence-electron chi connectivity index (χ4n) is 1.94. The first-order valence-corrected chi connectivity index (χ1v) is 8.94. The van der Waals surface area contributed by atoms with Crippen molar-refractivity contribution >= 4 is 26.3 Å². The molecule has 0 saturated carbocycles. The van der Waals surface area contributed by atoms with Crippen molar-refractivity contribution in [2.24, 2.45) is 5.41 Å². The van der Waals surface area contributed by atoms with Crippen molar-refractivity contribution in [3.05, 3.63) is 28.3 Å². The Kier molecular flexibility index (Phi) is 4.87. The average molecular weight is 285 g/mol. The van der Waals surface area contributed by atoms with Gasteiger partial charge in [0.2, 0.25) is 9.04 Å². The molecule has 1 unspecified atom stereocenters. The van der Waals surface area contributed by atoms with Crippen LogP contribution in [0.25, 0.3) is 0 Å². The van der Waals surface area contributed by atoms with Crippen LogP contribution in [0.4, 0.5) is 5.69 Å². The minimum absolute atomic E-state index is 0.0347. The standard InChI is InChI=1S/C14H23ClNOSi/c1-9-10(7-8-11(15)12(9)16)13(14(2,3)4)17-18(5)6/h7-8,13H,16H2,1-6H3. The molecule has 0 saturated heterocycles. The normalized spacial score (nSPS) is 14.0. The highest BCUT2D eigenvalue weighted by atomic mass is 35.5. The summed E-state index contributed by atoms with van der Waals surface area (Å²) in [5.74, 6) is 0. The third-order valence-corrected chi connectivity index (χ3v) is 3.96. The number of nitrogens with two attached hydrogens (primary N) is 1. The molecule has 0 aliphatic rings. The van der Waals surface area contributed by atoms with E-state index in [1.165, 1.54) is 0 Å². The van der Waals surface area contributed by atoms with Gasteiger partial charge in [0.25, 0.3) is 0 Å². The summed E-state index contributed by atoms with van der Waals surface area (Å²) in [6, 6.07) is 3.90. The molecule has 101 valence electrons. The van der Waals surface area contributed by atoms with Crippen molar-refractivity contribution in [3.63, 3.8) is 0 Å². The number of nitrogen functional groups attached to an aromatic ring is 1. The van der Waals surface area contributed by atoms with Gasteiger partial charge in [0, 0.05) is 0 Å². The molecule has 0 heterocycles. The summed E-state index contributed by atoms with van der Waals surface area (Å²) in [6.07, 6.45) is 0.0564. The maximum atomic E-state index is 6.18. The fraction of sp³-hybridized carbons (Fsp3) is 0.571. The van der Waals surface area contributed by atoms with Crippen molar-refractivity contribution in [3.8, 4) is 0 Å². The molecule has 0 amide bonds. The van der Waals surface area contributed by atoms with Gasteiger partial charge in [0.1, 0.15) is 0 Å². The second-order valence-corrected chi connectivity index (χ2v) is 8.41. The van der Waals surface area contributed by atoms with Crippen LogP contribution in [0.1, 0.15) is 38.0 Å². The van der Waals surface area contributed by atoms with Crippen LogP contribution in [0, 0.1) is 12.3 Å². The fourth-order valence-corrected chi connectivity index (χ4v) is 3.10. The van der Waals surface area contributed by atoms with Crippen LogP contribution in [-0.2, 0) is 4.43 Å². The molecule has 2 nitrogen and oxygen atoms in total. The highest BCUT2D eigenvalue weighted by Gasteiger charge is 2.29. The summed E-state index contributed by atoms with van der Waals surface area (Å²) in [7, 11) is -0.776. The number of benzene rings is 1. The molecule has 0 aromatic heterocycles. The zero-order valence-electron chi connectivity index (χ0n) is 12.1. The topological polar surface area (TPSA) is 35.2 Å². The lowest BCUT2D eigenvalue weighted by Gasteiger charge is -2.34. The molecule has 1 radical (unpaired) electrons. The van der Waals surface area contributed by atoms with Gasteiger partial charge in [-0.05, 0) is 42.6 Å². The van der Waals surface area contributed by atoms with Crippen molar-refractivity contribution in [1.82, 2.24) is 0 Å². The molecule has 1 aromatic carbocycles. The molecular weight excluding hydrogens is 262 g/mol. The Morgan fingerprint density at radius 1 is 1.28 bits per heavy atom. The quantitative estimate of drug-likeness (QED) is 0.651. The zero-order chi connectivity index (χ0) is 14.1. The molecule has 4 heteroatoms. The Labute approximate surface area is 117 Å². The summed E-state index contributed by atoms with van der Waals surface area (Å²) < 4.78 is 6.18. The van der Waals surface area contributed by atoms with Gasteiger partial charge in [-0.1, -0.05) is 38.4 Å². The lowest BCUT2D eigenvalue weighted by atomic mass is 9.83. The van der Waals surface area contributed by atoms with E-state index in [9.17, 15) is 0 Å². The number of hydrogen-bond acceptors (Lipinski definition) is 2. The van der Waals surface area contributed by atoms with Crippen LogP contribution in [-0.4, -0.2) is 9.04 Å². The SMILES string of the molecule is Cc1c(C(O[Si](C)C)C(C)(C)C)ccc(Cl)c1N. The molecule has 1 rings (SSSR count). The zero-order valence-corrected chi connectivity index (χ0v) is 13.9. The van der Waals surface area contributed by atoms with Crippen LogP contribution in [0.2, 0.25) is 18.1 Å². The molecule has 0 fully saturated rings. The van der Waals surface area contributed by atoms with E-state index in [0.717, 1.165) is 11.1 Å². The van der Waals surface area contributed by atoms with Gasteiger partial charge in [-0.15, -0.1) is 0 Å². The van der Waals surface area contributed by atoms with Crippen LogP contribution in [0.15, 0.2) is 12.1 Å². The summed E-state index contributed by atoms with van der Waals surface area (Å²) >= 11 is 6.05. The van der Waals surface area contributed by atoms with Crippen LogP contribution >= 0.6 is 11.6 Å². The first-order chi connectivity index (χ1) is 8.14. The number of halogens is 1. The van der Waals surface area contributed by atoms with E-state index < -0.39 is 9.04 Å². The van der Waals surface area contributed by atoms with Crippen LogP contribution < -0.4 is 5.73 Å². The Hall–Kier alpha value is -0.513. The Morgan fingerprint density at radius 3 is 2.28 bits per heavy atom. The number of hydrogen-bond donors (Lipinski definition) is 1. The van der Waals surface area contributed by atoms with E-state index in [1.54, 1.807) is 0 Å². The van der Waals surface area contributed by atoms with E-state index in [-0.39, 0.29) is 11.5 Å². The Bertz CT molecular complexity index is 427. The predicted octanol–water partition coefficient (Wildman–Crippen LogP) is 4.59. The van der Waals surface area contributed by atoms with E-state index in [2.05, 4.69) is 33.9 Å². The second-order valence-electron chi connectivity index (χ2n) is 5.95. The third kappa shape index (κ3) is 3.50. The molecule has 0 aliphatic carbocycles. The van der Waals surface area contributed by atoms with Gasteiger partial charge in [-0.25, -0.2) is 0 Å². The van der Waals surface area contributed by atoms with E-state index in [1.807, 2.05) is 19.1 Å². The second kappa shape index (κ2) is 5.64. The molecule has 1 aromatic rings. The van der Waals surface area contributed by atoms with Crippen molar-refractivity contribution in [2.45, 2.75) is 46.9 Å². The van der Waals surface area contributed by atoms with Crippen molar-refractivity contribution in [2.75, 3.05) is 5.73 Å². The molecule has 18 heavy (non-hydrogen) atoms. The van der Waals surface area contributed by atoms with Gasteiger partial charge in [0.05, 0.1) is 16.8 Å².